The largest absolute Gasteiger partial charge is 0.481 e. The lowest BCUT2D eigenvalue weighted by molar-refractivity contribution is -0.137. The summed E-state index contributed by atoms with van der Waals surface area (Å²) in [7, 11) is 1.71. The number of rotatable bonds is 15. The molecule has 0 bridgehead atoms. The zero-order valence-electron chi connectivity index (χ0n) is 29.2. The van der Waals surface area contributed by atoms with Gasteiger partial charge in [-0.15, -0.1) is 0 Å². The first-order valence-corrected chi connectivity index (χ1v) is 16.7. The molecule has 0 radical (unpaired) electrons. The van der Waals surface area contributed by atoms with Gasteiger partial charge in [0.25, 0.3) is 5.56 Å². The fourth-order valence-electron chi connectivity index (χ4n) is 6.93. The van der Waals surface area contributed by atoms with Gasteiger partial charge in [0.2, 0.25) is 0 Å². The Morgan fingerprint density at radius 2 is 1.66 bits per heavy atom. The Bertz CT molecular complexity index is 1650. The molecule has 0 saturated carbocycles. The van der Waals surface area contributed by atoms with Crippen molar-refractivity contribution >= 4 is 11.8 Å². The van der Waals surface area contributed by atoms with Crippen LogP contribution < -0.4 is 5.56 Å². The number of nitrogens with zero attached hydrogens (tertiary/aromatic N) is 3. The molecule has 3 aromatic rings. The fourth-order valence-corrected chi connectivity index (χ4v) is 6.93. The van der Waals surface area contributed by atoms with Crippen LogP contribution in [0.25, 0.3) is 11.1 Å². The summed E-state index contributed by atoms with van der Waals surface area (Å²) in [6.45, 7) is 16.1. The van der Waals surface area contributed by atoms with Gasteiger partial charge in [-0.3, -0.25) is 19.3 Å². The van der Waals surface area contributed by atoms with Crippen LogP contribution in [-0.2, 0) is 20.7 Å². The average molecular weight is 648 g/mol. The molecule has 8 nitrogen and oxygen atoms in total. The zero-order valence-corrected chi connectivity index (χ0v) is 29.2. The van der Waals surface area contributed by atoms with Crippen molar-refractivity contribution in [1.29, 1.82) is 0 Å². The summed E-state index contributed by atoms with van der Waals surface area (Å²) in [6, 6.07) is 8.46. The summed E-state index contributed by atoms with van der Waals surface area (Å²) in [5.41, 5.74) is 7.01. The lowest BCUT2D eigenvalue weighted by Gasteiger charge is -2.38. The molecule has 1 saturated heterocycles. The van der Waals surface area contributed by atoms with E-state index in [-0.39, 0.29) is 42.6 Å². The molecule has 0 amide bonds. The van der Waals surface area contributed by atoms with E-state index in [0.29, 0.717) is 24.0 Å². The SMILES string of the molecule is COC1CN(CCc2nn([C@@H](CC(C)C)C(=O)CC[C@@H](CC(=O)O)c3cc(-c4c(C)cc(C)cc4C)cc(C)c3F)c(=O)cc2C)C1. The van der Waals surface area contributed by atoms with E-state index in [0.717, 1.165) is 58.7 Å². The summed E-state index contributed by atoms with van der Waals surface area (Å²) >= 11 is 0. The van der Waals surface area contributed by atoms with Gasteiger partial charge in [0.05, 0.1) is 18.2 Å². The molecule has 254 valence electrons. The third-order valence-electron chi connectivity index (χ3n) is 9.38. The summed E-state index contributed by atoms with van der Waals surface area (Å²) in [4.78, 5) is 41.5. The van der Waals surface area contributed by atoms with Gasteiger partial charge < -0.3 is 9.84 Å². The van der Waals surface area contributed by atoms with Crippen LogP contribution in [0.4, 0.5) is 4.39 Å². The maximum atomic E-state index is 15.8. The number of halogens is 1. The van der Waals surface area contributed by atoms with E-state index in [1.54, 1.807) is 32.2 Å². The highest BCUT2D eigenvalue weighted by Crippen LogP contribution is 2.36. The second kappa shape index (κ2) is 15.5. The van der Waals surface area contributed by atoms with E-state index in [1.807, 2.05) is 41.5 Å². The van der Waals surface area contributed by atoms with Crippen molar-refractivity contribution in [2.24, 2.45) is 5.92 Å². The van der Waals surface area contributed by atoms with Crippen LogP contribution in [0.2, 0.25) is 0 Å². The molecule has 1 aromatic heterocycles. The van der Waals surface area contributed by atoms with E-state index < -0.39 is 23.7 Å². The average Bonchev–Trinajstić information content (AvgIpc) is 2.95. The molecule has 0 unspecified atom stereocenters. The summed E-state index contributed by atoms with van der Waals surface area (Å²) in [6.07, 6.45) is 1.10. The van der Waals surface area contributed by atoms with Gasteiger partial charge in [0.15, 0.2) is 5.78 Å². The third-order valence-corrected chi connectivity index (χ3v) is 9.38. The number of carbonyl (C=O) groups excluding carboxylic acids is 1. The van der Waals surface area contributed by atoms with E-state index in [2.05, 4.69) is 17.0 Å². The Labute approximate surface area is 278 Å². The van der Waals surface area contributed by atoms with Crippen LogP contribution in [0.3, 0.4) is 0 Å². The number of aromatic nitrogens is 2. The molecule has 2 aromatic carbocycles. The van der Waals surface area contributed by atoms with Crippen LogP contribution in [0.1, 0.15) is 90.6 Å². The predicted molar refractivity (Wildman–Crippen MR) is 183 cm³/mol. The minimum atomic E-state index is -1.06. The quantitative estimate of drug-likeness (QED) is 0.197. The van der Waals surface area contributed by atoms with Crippen molar-refractivity contribution in [2.75, 3.05) is 26.7 Å². The van der Waals surface area contributed by atoms with Crippen molar-refractivity contribution in [3.63, 3.8) is 0 Å². The molecule has 4 rings (SSSR count). The molecule has 0 spiro atoms. The first-order valence-electron chi connectivity index (χ1n) is 16.7. The molecule has 9 heteroatoms. The second-order valence-corrected chi connectivity index (χ2v) is 13.8. The number of likely N-dealkylation sites (tertiary alicyclic amines) is 1. The number of Topliss-reactive ketones (excluding diaryl/α,β-unsaturated/α-hetero) is 1. The number of hydrogen-bond donors (Lipinski definition) is 1. The van der Waals surface area contributed by atoms with Crippen LogP contribution in [-0.4, -0.2) is 64.4 Å². The highest BCUT2D eigenvalue weighted by atomic mass is 19.1. The van der Waals surface area contributed by atoms with Crippen molar-refractivity contribution in [3.8, 4) is 11.1 Å². The van der Waals surface area contributed by atoms with Crippen molar-refractivity contribution in [3.05, 3.63) is 85.6 Å². The van der Waals surface area contributed by atoms with Crippen LogP contribution in [0.15, 0.2) is 35.1 Å². The molecule has 47 heavy (non-hydrogen) atoms. The number of carbonyl (C=O) groups is 2. The minimum Gasteiger partial charge on any atom is -0.481 e. The van der Waals surface area contributed by atoms with Crippen molar-refractivity contribution < 1.29 is 23.8 Å². The maximum Gasteiger partial charge on any atom is 0.303 e. The Balaban J connectivity index is 1.62. The minimum absolute atomic E-state index is 0.00977. The first kappa shape index (κ1) is 36.2. The van der Waals surface area contributed by atoms with E-state index in [4.69, 9.17) is 9.84 Å². The van der Waals surface area contributed by atoms with Gasteiger partial charge >= 0.3 is 5.97 Å². The number of ketones is 1. The van der Waals surface area contributed by atoms with Crippen molar-refractivity contribution in [1.82, 2.24) is 14.7 Å². The topological polar surface area (TPSA) is 102 Å². The van der Waals surface area contributed by atoms with Gasteiger partial charge in [-0.1, -0.05) is 31.5 Å². The Hall–Kier alpha value is -3.69. The van der Waals surface area contributed by atoms with E-state index in [9.17, 15) is 19.5 Å². The molecule has 1 N–H and O–H groups in total. The lowest BCUT2D eigenvalue weighted by atomic mass is 9.84. The fraction of sp³-hybridized carbons (Fsp3) is 0.526. The number of ether oxygens (including phenoxy) is 1. The van der Waals surface area contributed by atoms with Gasteiger partial charge in [-0.2, -0.15) is 5.10 Å². The molecule has 2 heterocycles. The van der Waals surface area contributed by atoms with Crippen LogP contribution >= 0.6 is 0 Å². The number of carboxylic acid groups (broad SMARTS) is 1. The third kappa shape index (κ3) is 8.82. The molecule has 1 aliphatic rings. The summed E-state index contributed by atoms with van der Waals surface area (Å²) in [5, 5.41) is 14.6. The Kier molecular flexibility index (Phi) is 11.9. The van der Waals surface area contributed by atoms with E-state index in [1.165, 1.54) is 4.68 Å². The summed E-state index contributed by atoms with van der Waals surface area (Å²) in [5.74, 6) is -2.35. The number of aliphatic carboxylic acids is 1. The molecular formula is C38H50FN3O5. The van der Waals surface area contributed by atoms with Crippen molar-refractivity contribution in [2.45, 2.75) is 98.6 Å². The van der Waals surface area contributed by atoms with E-state index >= 15 is 4.39 Å². The number of aryl methyl sites for hydroxylation is 5. The second-order valence-electron chi connectivity index (χ2n) is 13.8. The number of hydrogen-bond acceptors (Lipinski definition) is 6. The normalized spacial score (nSPS) is 15.1. The van der Waals surface area contributed by atoms with Crippen LogP contribution in [0, 0.1) is 46.4 Å². The maximum absolute atomic E-state index is 15.8. The predicted octanol–water partition coefficient (Wildman–Crippen LogP) is 6.66. The van der Waals surface area contributed by atoms with Crippen LogP contribution in [0.5, 0.6) is 0 Å². The van der Waals surface area contributed by atoms with Gasteiger partial charge in [-0.05, 0) is 110 Å². The Morgan fingerprint density at radius 1 is 1.00 bits per heavy atom. The first-order chi connectivity index (χ1) is 22.2. The van der Waals surface area contributed by atoms with Gasteiger partial charge in [0, 0.05) is 45.7 Å². The highest BCUT2D eigenvalue weighted by Gasteiger charge is 2.29. The number of benzene rings is 2. The highest BCUT2D eigenvalue weighted by molar-refractivity contribution is 5.82. The molecular weight excluding hydrogens is 597 g/mol. The number of methoxy groups -OCH3 is 1. The summed E-state index contributed by atoms with van der Waals surface area (Å²) < 4.78 is 22.5. The monoisotopic (exact) mass is 647 g/mol. The molecule has 1 fully saturated rings. The van der Waals surface area contributed by atoms with Gasteiger partial charge in [0.1, 0.15) is 11.9 Å². The molecule has 2 atom stereocenters. The number of carboxylic acids is 1. The standard InChI is InChI=1S/C38H50FN3O5/c1-22(2)13-33(42-35(44)17-24(4)32(40-42)11-12-41-20-30(21-41)47-8)34(43)10-9-28(19-36(45)46)31-18-29(16-27(7)38(31)39)37-25(5)14-23(3)15-26(37)6/h14-18,22,28,30,33H,9-13,19-21H2,1-8H3,(H,45,46)/t28-,33-/m0/s1. The molecule has 1 aliphatic heterocycles. The Morgan fingerprint density at radius 3 is 2.26 bits per heavy atom. The smallest absolute Gasteiger partial charge is 0.303 e. The van der Waals surface area contributed by atoms with Gasteiger partial charge in [-0.25, -0.2) is 9.07 Å². The molecule has 0 aliphatic carbocycles. The lowest BCUT2D eigenvalue weighted by Crippen LogP contribution is -2.52. The zero-order chi connectivity index (χ0) is 34.6.